The zero-order valence-electron chi connectivity index (χ0n) is 11.9. The third-order valence-electron chi connectivity index (χ3n) is 3.19. The molecule has 0 aromatic carbocycles. The van der Waals surface area contributed by atoms with E-state index in [-0.39, 0.29) is 5.91 Å². The van der Waals surface area contributed by atoms with E-state index < -0.39 is 0 Å². The van der Waals surface area contributed by atoms with E-state index in [4.69, 9.17) is 0 Å². The Bertz CT molecular complexity index is 618. The van der Waals surface area contributed by atoms with Gasteiger partial charge < -0.3 is 5.32 Å². The zero-order valence-corrected chi connectivity index (χ0v) is 14.3. The van der Waals surface area contributed by atoms with Crippen molar-refractivity contribution in [2.75, 3.05) is 6.54 Å². The Kier molecular flexibility index (Phi) is 4.99. The maximum atomic E-state index is 11.9. The third-order valence-corrected chi connectivity index (χ3v) is 5.36. The van der Waals surface area contributed by atoms with Crippen molar-refractivity contribution in [1.82, 2.24) is 15.1 Å². The highest BCUT2D eigenvalue weighted by Gasteiger charge is 2.10. The number of halogens is 1. The van der Waals surface area contributed by atoms with Gasteiger partial charge in [-0.1, -0.05) is 0 Å². The Labute approximate surface area is 131 Å². The number of thiophene rings is 1. The Morgan fingerprint density at radius 1 is 1.45 bits per heavy atom. The van der Waals surface area contributed by atoms with E-state index in [2.05, 4.69) is 26.3 Å². The lowest BCUT2D eigenvalue weighted by molar-refractivity contribution is 0.0956. The van der Waals surface area contributed by atoms with Gasteiger partial charge >= 0.3 is 0 Å². The highest BCUT2D eigenvalue weighted by Crippen LogP contribution is 2.19. The highest BCUT2D eigenvalue weighted by molar-refractivity contribution is 9.10. The molecule has 0 aliphatic heterocycles. The molecule has 0 aliphatic rings. The third kappa shape index (κ3) is 3.30. The Hall–Kier alpha value is -1.14. The van der Waals surface area contributed by atoms with Crippen molar-refractivity contribution in [3.8, 4) is 0 Å². The number of nitrogens with zero attached hydrogens (tertiary/aromatic N) is 2. The number of carbonyl (C=O) groups is 1. The van der Waals surface area contributed by atoms with Crippen LogP contribution in [0.3, 0.4) is 0 Å². The highest BCUT2D eigenvalue weighted by atomic mass is 79.9. The van der Waals surface area contributed by atoms with E-state index >= 15 is 0 Å². The van der Waals surface area contributed by atoms with Crippen LogP contribution in [0.5, 0.6) is 0 Å². The quantitative estimate of drug-likeness (QED) is 0.834. The van der Waals surface area contributed by atoms with Crippen molar-refractivity contribution in [2.24, 2.45) is 0 Å². The predicted octanol–water partition coefficient (Wildman–Crippen LogP) is 3.45. The molecule has 2 aromatic rings. The first-order valence-corrected chi connectivity index (χ1v) is 8.19. The average molecular weight is 356 g/mol. The summed E-state index contributed by atoms with van der Waals surface area (Å²) >= 11 is 5.00. The summed E-state index contributed by atoms with van der Waals surface area (Å²) in [6.45, 7) is 7.44. The van der Waals surface area contributed by atoms with Gasteiger partial charge in [0, 0.05) is 18.8 Å². The Morgan fingerprint density at radius 3 is 2.75 bits per heavy atom. The summed E-state index contributed by atoms with van der Waals surface area (Å²) in [5.74, 6) is 0.0204. The maximum Gasteiger partial charge on any atom is 0.261 e. The molecule has 0 spiro atoms. The second-order valence-electron chi connectivity index (χ2n) is 4.75. The first-order chi connectivity index (χ1) is 9.50. The molecule has 0 aliphatic carbocycles. The molecule has 108 valence electrons. The van der Waals surface area contributed by atoms with Crippen LogP contribution in [-0.4, -0.2) is 22.2 Å². The van der Waals surface area contributed by atoms with Crippen LogP contribution >= 0.6 is 27.3 Å². The summed E-state index contributed by atoms with van der Waals surface area (Å²) in [5, 5.41) is 9.35. The fourth-order valence-corrected chi connectivity index (χ4v) is 3.13. The number of amides is 1. The molecule has 0 bridgehead atoms. The summed E-state index contributed by atoms with van der Waals surface area (Å²) < 4.78 is 3.04. The van der Waals surface area contributed by atoms with Crippen molar-refractivity contribution < 1.29 is 4.79 Å². The van der Waals surface area contributed by atoms with Crippen molar-refractivity contribution in [3.05, 3.63) is 37.7 Å². The molecule has 0 fully saturated rings. The molecule has 0 saturated carbocycles. The van der Waals surface area contributed by atoms with Crippen molar-refractivity contribution in [2.45, 2.75) is 33.7 Å². The molecule has 2 rings (SSSR count). The number of hydrogen-bond acceptors (Lipinski definition) is 3. The largest absolute Gasteiger partial charge is 0.351 e. The summed E-state index contributed by atoms with van der Waals surface area (Å²) in [6.07, 6.45) is 0.866. The first-order valence-electron chi connectivity index (χ1n) is 6.52. The second kappa shape index (κ2) is 6.54. The van der Waals surface area contributed by atoms with Crippen molar-refractivity contribution in [1.29, 1.82) is 0 Å². The summed E-state index contributed by atoms with van der Waals surface area (Å²) in [7, 11) is 0. The molecule has 4 nitrogen and oxygen atoms in total. The van der Waals surface area contributed by atoms with Crippen molar-refractivity contribution in [3.63, 3.8) is 0 Å². The molecule has 1 N–H and O–H groups in total. The molecule has 0 saturated heterocycles. The number of rotatable bonds is 5. The normalized spacial score (nSPS) is 10.8. The van der Waals surface area contributed by atoms with Gasteiger partial charge in [0.2, 0.25) is 0 Å². The van der Waals surface area contributed by atoms with Crippen LogP contribution in [0.15, 0.2) is 15.9 Å². The summed E-state index contributed by atoms with van der Waals surface area (Å²) in [6, 6.07) is 1.97. The maximum absolute atomic E-state index is 11.9. The Balaban J connectivity index is 1.81. The molecule has 20 heavy (non-hydrogen) atoms. The van der Waals surface area contributed by atoms with Gasteiger partial charge in [-0.05, 0) is 60.1 Å². The standard InChI is InChI=1S/C14H18BrN3OS/c1-9-5-8-20-13(9)14(19)16-6-4-7-18-11(3)12(15)10(2)17-18/h5,8H,4,6-7H2,1-3H3,(H,16,19). The van der Waals surface area contributed by atoms with E-state index in [1.54, 1.807) is 0 Å². The van der Waals surface area contributed by atoms with Crippen molar-refractivity contribution >= 4 is 33.2 Å². The molecular weight excluding hydrogens is 338 g/mol. The van der Waals surface area contributed by atoms with Gasteiger partial charge in [0.15, 0.2) is 0 Å². The lowest BCUT2D eigenvalue weighted by atomic mass is 10.3. The summed E-state index contributed by atoms with van der Waals surface area (Å²) in [4.78, 5) is 12.7. The lowest BCUT2D eigenvalue weighted by Gasteiger charge is -2.06. The van der Waals surface area contributed by atoms with Gasteiger partial charge in [-0.25, -0.2) is 0 Å². The number of nitrogens with one attached hydrogen (secondary N) is 1. The van der Waals surface area contributed by atoms with Gasteiger partial charge in [0.25, 0.3) is 5.91 Å². The first kappa shape index (κ1) is 15.3. The van der Waals surface area contributed by atoms with E-state index in [9.17, 15) is 4.79 Å². The van der Waals surface area contributed by atoms with Crippen LogP contribution in [0.25, 0.3) is 0 Å². The minimum Gasteiger partial charge on any atom is -0.351 e. The van der Waals surface area contributed by atoms with E-state index in [0.29, 0.717) is 6.54 Å². The van der Waals surface area contributed by atoms with Crippen LogP contribution in [0.4, 0.5) is 0 Å². The van der Waals surface area contributed by atoms with Gasteiger partial charge in [0.1, 0.15) is 0 Å². The molecule has 6 heteroatoms. The molecule has 1 amide bonds. The fourth-order valence-electron chi connectivity index (χ4n) is 2.01. The van der Waals surface area contributed by atoms with E-state index in [1.165, 1.54) is 11.3 Å². The smallest absolute Gasteiger partial charge is 0.261 e. The SMILES string of the molecule is Cc1ccsc1C(=O)NCCCn1nc(C)c(Br)c1C. The predicted molar refractivity (Wildman–Crippen MR) is 85.4 cm³/mol. The van der Waals surface area contributed by atoms with Crippen LogP contribution < -0.4 is 5.32 Å². The number of carbonyl (C=O) groups excluding carboxylic acids is 1. The lowest BCUT2D eigenvalue weighted by Crippen LogP contribution is -2.25. The van der Waals surface area contributed by atoms with E-state index in [1.807, 2.05) is 36.9 Å². The molecule has 2 aromatic heterocycles. The molecule has 2 heterocycles. The molecular formula is C14H18BrN3OS. The molecule has 0 unspecified atom stereocenters. The van der Waals surface area contributed by atoms with Gasteiger partial charge in [-0.3, -0.25) is 9.48 Å². The van der Waals surface area contributed by atoms with Crippen LogP contribution in [0.2, 0.25) is 0 Å². The minimum absolute atomic E-state index is 0.0204. The van der Waals surface area contributed by atoms with Crippen LogP contribution in [-0.2, 0) is 6.54 Å². The van der Waals surface area contributed by atoms with E-state index in [0.717, 1.165) is 39.3 Å². The number of aryl methyl sites for hydroxylation is 3. The zero-order chi connectivity index (χ0) is 14.7. The van der Waals surface area contributed by atoms with Gasteiger partial charge in [-0.15, -0.1) is 11.3 Å². The second-order valence-corrected chi connectivity index (χ2v) is 6.46. The monoisotopic (exact) mass is 355 g/mol. The summed E-state index contributed by atoms with van der Waals surface area (Å²) in [5.41, 5.74) is 3.17. The number of aromatic nitrogens is 2. The van der Waals surface area contributed by atoms with Crippen LogP contribution in [0, 0.1) is 20.8 Å². The molecule has 0 atom stereocenters. The van der Waals surface area contributed by atoms with Crippen LogP contribution in [0.1, 0.15) is 33.0 Å². The fraction of sp³-hybridized carbons (Fsp3) is 0.429. The molecule has 0 radical (unpaired) electrons. The Morgan fingerprint density at radius 2 is 2.20 bits per heavy atom. The topological polar surface area (TPSA) is 46.9 Å². The van der Waals surface area contributed by atoms with Gasteiger partial charge in [-0.2, -0.15) is 5.10 Å². The minimum atomic E-state index is 0.0204. The number of hydrogen-bond donors (Lipinski definition) is 1. The average Bonchev–Trinajstić information content (AvgIpc) is 2.94. The van der Waals surface area contributed by atoms with Gasteiger partial charge in [0.05, 0.1) is 15.0 Å².